The minimum atomic E-state index is -0.609. The van der Waals surface area contributed by atoms with Crippen molar-refractivity contribution in [2.24, 2.45) is 4.99 Å². The molecule has 0 aliphatic carbocycles. The zero-order valence-corrected chi connectivity index (χ0v) is 16.3. The van der Waals surface area contributed by atoms with E-state index in [1.165, 1.54) is 0 Å². The Morgan fingerprint density at radius 3 is 2.97 bits per heavy atom. The van der Waals surface area contributed by atoms with Gasteiger partial charge in [0.2, 0.25) is 5.91 Å². The maximum absolute atomic E-state index is 12.7. The summed E-state index contributed by atoms with van der Waals surface area (Å²) in [5.41, 5.74) is 5.17. The molecule has 4 aromatic rings. The molecule has 1 aliphatic heterocycles. The number of nitrogens with one attached hydrogen (secondary N) is 2. The number of carbonyl (C=O) groups is 1. The Morgan fingerprint density at radius 1 is 1.23 bits per heavy atom. The highest BCUT2D eigenvalue weighted by Gasteiger charge is 2.30. The topological polar surface area (TPSA) is 101 Å². The van der Waals surface area contributed by atoms with Crippen LogP contribution >= 0.6 is 0 Å². The van der Waals surface area contributed by atoms with Crippen molar-refractivity contribution in [3.63, 3.8) is 0 Å². The fourth-order valence-electron chi connectivity index (χ4n) is 3.58. The maximum atomic E-state index is 12.7. The molecule has 0 saturated carbocycles. The van der Waals surface area contributed by atoms with Gasteiger partial charge in [-0.25, -0.2) is 9.97 Å². The van der Waals surface area contributed by atoms with Gasteiger partial charge in [0, 0.05) is 30.5 Å². The molecule has 1 amide bonds. The monoisotopic (exact) mass is 397 g/mol. The standard InChI is InChI=1S/C22H19N7O/c1-14-10-16(29-9-8-23-13-29)11-18-20(14)28-21(27-18)19-17(5-7-25-22(19)30)26-12-15-4-2-3-6-24-15/h2-11,13,19H,12H2,1H3,(H,25,30)(H,27,28). The van der Waals surface area contributed by atoms with E-state index >= 15 is 0 Å². The number of allylic oxidation sites excluding steroid dienone is 1. The molecular formula is C22H19N7O. The summed E-state index contributed by atoms with van der Waals surface area (Å²) in [4.78, 5) is 33.8. The van der Waals surface area contributed by atoms with E-state index < -0.39 is 5.92 Å². The fraction of sp³-hybridized carbons (Fsp3) is 0.136. The number of fused-ring (bicyclic) bond motifs is 1. The second-order valence-electron chi connectivity index (χ2n) is 7.09. The second kappa shape index (κ2) is 7.40. The highest BCUT2D eigenvalue weighted by molar-refractivity contribution is 6.16. The van der Waals surface area contributed by atoms with Gasteiger partial charge in [0.1, 0.15) is 11.7 Å². The third kappa shape index (κ3) is 3.28. The zero-order chi connectivity index (χ0) is 20.5. The van der Waals surface area contributed by atoms with E-state index in [-0.39, 0.29) is 5.91 Å². The van der Waals surface area contributed by atoms with E-state index in [2.05, 4.69) is 25.3 Å². The van der Waals surface area contributed by atoms with Crippen molar-refractivity contribution in [1.29, 1.82) is 0 Å². The Kier molecular flexibility index (Phi) is 4.44. The van der Waals surface area contributed by atoms with Gasteiger partial charge in [0.25, 0.3) is 0 Å². The molecule has 0 radical (unpaired) electrons. The molecule has 1 atom stereocenters. The lowest BCUT2D eigenvalue weighted by atomic mass is 9.99. The molecule has 0 bridgehead atoms. The van der Waals surface area contributed by atoms with Crippen molar-refractivity contribution in [3.8, 4) is 5.69 Å². The maximum Gasteiger partial charge on any atom is 0.240 e. The number of imidazole rings is 2. The highest BCUT2D eigenvalue weighted by atomic mass is 16.1. The Labute approximate surface area is 172 Å². The van der Waals surface area contributed by atoms with Crippen LogP contribution in [0.1, 0.15) is 23.0 Å². The minimum Gasteiger partial charge on any atom is -0.341 e. The number of carbonyl (C=O) groups excluding carboxylic acids is 1. The van der Waals surface area contributed by atoms with E-state index in [0.29, 0.717) is 18.1 Å². The third-order valence-electron chi connectivity index (χ3n) is 5.04. The number of amides is 1. The van der Waals surface area contributed by atoms with E-state index in [9.17, 15) is 4.79 Å². The van der Waals surface area contributed by atoms with E-state index in [1.54, 1.807) is 24.9 Å². The number of aromatic nitrogens is 5. The van der Waals surface area contributed by atoms with Crippen molar-refractivity contribution >= 4 is 22.7 Å². The van der Waals surface area contributed by atoms with Gasteiger partial charge >= 0.3 is 0 Å². The Hall–Kier alpha value is -4.07. The van der Waals surface area contributed by atoms with Crippen LogP contribution in [0, 0.1) is 6.92 Å². The summed E-state index contributed by atoms with van der Waals surface area (Å²) in [5, 5.41) is 2.76. The number of H-pyrrole nitrogens is 1. The molecule has 1 aromatic carbocycles. The Morgan fingerprint density at radius 2 is 2.17 bits per heavy atom. The van der Waals surface area contributed by atoms with Gasteiger partial charge < -0.3 is 14.9 Å². The summed E-state index contributed by atoms with van der Waals surface area (Å²) in [5.74, 6) is -0.205. The quantitative estimate of drug-likeness (QED) is 0.553. The summed E-state index contributed by atoms with van der Waals surface area (Å²) in [7, 11) is 0. The summed E-state index contributed by atoms with van der Waals surface area (Å²) >= 11 is 0. The summed E-state index contributed by atoms with van der Waals surface area (Å²) in [6.45, 7) is 2.40. The van der Waals surface area contributed by atoms with Crippen LogP contribution in [0.25, 0.3) is 16.7 Å². The lowest BCUT2D eigenvalue weighted by molar-refractivity contribution is -0.120. The summed E-state index contributed by atoms with van der Waals surface area (Å²) in [6, 6.07) is 9.74. The smallest absolute Gasteiger partial charge is 0.240 e. The van der Waals surface area contributed by atoms with Crippen molar-refractivity contribution in [2.45, 2.75) is 19.4 Å². The van der Waals surface area contributed by atoms with Crippen LogP contribution in [-0.4, -0.2) is 36.1 Å². The predicted molar refractivity (Wildman–Crippen MR) is 113 cm³/mol. The number of pyridine rings is 1. The van der Waals surface area contributed by atoms with E-state index in [0.717, 1.165) is 28.0 Å². The molecule has 0 saturated heterocycles. The number of aliphatic imine (C=N–C) groups is 1. The summed E-state index contributed by atoms with van der Waals surface area (Å²) < 4.78 is 1.93. The number of nitrogens with zero attached hydrogens (tertiary/aromatic N) is 5. The van der Waals surface area contributed by atoms with Gasteiger partial charge in [0.15, 0.2) is 0 Å². The predicted octanol–water partition coefficient (Wildman–Crippen LogP) is 2.82. The molecule has 5 rings (SSSR count). The fourth-order valence-corrected chi connectivity index (χ4v) is 3.58. The first-order chi connectivity index (χ1) is 14.7. The van der Waals surface area contributed by atoms with Crippen LogP contribution < -0.4 is 5.32 Å². The number of benzene rings is 1. The largest absolute Gasteiger partial charge is 0.341 e. The normalized spacial score (nSPS) is 17.6. The van der Waals surface area contributed by atoms with E-state index in [4.69, 9.17) is 4.98 Å². The lowest BCUT2D eigenvalue weighted by Gasteiger charge is -2.17. The molecule has 1 unspecified atom stereocenters. The first-order valence-electron chi connectivity index (χ1n) is 9.59. The van der Waals surface area contributed by atoms with Crippen LogP contribution in [0.15, 0.2) is 72.5 Å². The van der Waals surface area contributed by atoms with Crippen LogP contribution in [0.5, 0.6) is 0 Å². The number of hydrogen-bond acceptors (Lipinski definition) is 5. The Bertz CT molecular complexity index is 1270. The SMILES string of the molecule is Cc1cc(-n2ccnc2)cc2[nH]c(C3C(=O)NC=CC3=NCc3ccccn3)nc12. The van der Waals surface area contributed by atoms with Gasteiger partial charge in [-0.05, 0) is 42.8 Å². The molecule has 8 heteroatoms. The molecule has 1 aliphatic rings. The first-order valence-corrected chi connectivity index (χ1v) is 9.59. The highest BCUT2D eigenvalue weighted by Crippen LogP contribution is 2.26. The molecule has 2 N–H and O–H groups in total. The van der Waals surface area contributed by atoms with Gasteiger partial charge in [-0.15, -0.1) is 0 Å². The molecule has 0 fully saturated rings. The molecule has 3 aromatic heterocycles. The molecule has 148 valence electrons. The number of hydrogen-bond donors (Lipinski definition) is 2. The van der Waals surface area contributed by atoms with Gasteiger partial charge in [-0.2, -0.15) is 0 Å². The van der Waals surface area contributed by atoms with E-state index in [1.807, 2.05) is 54.1 Å². The van der Waals surface area contributed by atoms with Crippen LogP contribution in [-0.2, 0) is 11.3 Å². The van der Waals surface area contributed by atoms with Crippen LogP contribution in [0.4, 0.5) is 0 Å². The average Bonchev–Trinajstić information content (AvgIpc) is 3.43. The molecule has 0 spiro atoms. The average molecular weight is 397 g/mol. The minimum absolute atomic E-state index is 0.163. The summed E-state index contributed by atoms with van der Waals surface area (Å²) in [6.07, 6.45) is 10.5. The number of aryl methyl sites for hydroxylation is 1. The van der Waals surface area contributed by atoms with Gasteiger partial charge in [-0.1, -0.05) is 6.07 Å². The van der Waals surface area contributed by atoms with Crippen LogP contribution in [0.2, 0.25) is 0 Å². The second-order valence-corrected chi connectivity index (χ2v) is 7.09. The molecule has 4 heterocycles. The van der Waals surface area contributed by atoms with Crippen LogP contribution in [0.3, 0.4) is 0 Å². The van der Waals surface area contributed by atoms with Crippen molar-refractivity contribution in [2.75, 3.05) is 0 Å². The van der Waals surface area contributed by atoms with Gasteiger partial charge in [-0.3, -0.25) is 14.8 Å². The number of aromatic amines is 1. The van der Waals surface area contributed by atoms with Crippen molar-refractivity contribution in [3.05, 3.63) is 84.6 Å². The lowest BCUT2D eigenvalue weighted by Crippen LogP contribution is -2.34. The number of rotatable bonds is 4. The Balaban J connectivity index is 1.54. The zero-order valence-electron chi connectivity index (χ0n) is 16.3. The molecule has 30 heavy (non-hydrogen) atoms. The van der Waals surface area contributed by atoms with Crippen molar-refractivity contribution < 1.29 is 4.79 Å². The first kappa shape index (κ1) is 18.0. The van der Waals surface area contributed by atoms with Gasteiger partial charge in [0.05, 0.1) is 35.3 Å². The van der Waals surface area contributed by atoms with Crippen molar-refractivity contribution in [1.82, 2.24) is 29.8 Å². The molecular weight excluding hydrogens is 378 g/mol. The third-order valence-corrected chi connectivity index (χ3v) is 5.04. The molecule has 8 nitrogen and oxygen atoms in total.